The lowest BCUT2D eigenvalue weighted by atomic mass is 10.1. The van der Waals surface area contributed by atoms with Crippen molar-refractivity contribution in [3.63, 3.8) is 0 Å². The van der Waals surface area contributed by atoms with Gasteiger partial charge in [-0.3, -0.25) is 24.0 Å². The van der Waals surface area contributed by atoms with E-state index in [1.807, 2.05) is 30.3 Å². The number of carbonyl (C=O) groups is 5. The maximum Gasteiger partial charge on any atom is 0.306 e. The zero-order chi connectivity index (χ0) is 33.2. The van der Waals surface area contributed by atoms with E-state index in [2.05, 4.69) is 15.5 Å². The molecule has 0 spiro atoms. The average Bonchev–Trinajstić information content (AvgIpc) is 3.37. The largest absolute Gasteiger partial charge is 0.497 e. The topological polar surface area (TPSA) is 144 Å². The van der Waals surface area contributed by atoms with Crippen LogP contribution in [0.2, 0.25) is 0 Å². The molecule has 1 fully saturated rings. The number of ketones is 1. The van der Waals surface area contributed by atoms with E-state index in [0.717, 1.165) is 0 Å². The molecule has 3 amide bonds. The van der Waals surface area contributed by atoms with Crippen LogP contribution in [0.3, 0.4) is 0 Å². The molecule has 0 aromatic heterocycles. The van der Waals surface area contributed by atoms with Crippen LogP contribution in [0, 0.1) is 0 Å². The van der Waals surface area contributed by atoms with Crippen molar-refractivity contribution in [2.45, 2.75) is 29.4 Å². The van der Waals surface area contributed by atoms with Crippen LogP contribution in [0.15, 0.2) is 118 Å². The number of nitrogens with zero attached hydrogens (tertiary/aromatic N) is 3. The van der Waals surface area contributed by atoms with Crippen molar-refractivity contribution in [1.82, 2.24) is 0 Å². The molecule has 0 saturated carbocycles. The van der Waals surface area contributed by atoms with Gasteiger partial charge in [-0.2, -0.15) is 10.2 Å². The second-order valence-electron chi connectivity index (χ2n) is 10.3. The van der Waals surface area contributed by atoms with Crippen molar-refractivity contribution in [1.29, 1.82) is 0 Å². The summed E-state index contributed by atoms with van der Waals surface area (Å²) >= 11 is 1.23. The Hall–Kier alpha value is -5.62. The predicted molar refractivity (Wildman–Crippen MR) is 176 cm³/mol. The van der Waals surface area contributed by atoms with Gasteiger partial charge in [-0.1, -0.05) is 24.3 Å². The van der Waals surface area contributed by atoms with Crippen molar-refractivity contribution < 1.29 is 33.4 Å². The minimum Gasteiger partial charge on any atom is -0.497 e. The highest BCUT2D eigenvalue weighted by molar-refractivity contribution is 8.00. The zero-order valence-corrected chi connectivity index (χ0v) is 26.1. The number of imide groups is 1. The van der Waals surface area contributed by atoms with Gasteiger partial charge >= 0.3 is 5.97 Å². The molecule has 1 atom stereocenters. The summed E-state index contributed by atoms with van der Waals surface area (Å²) in [6, 6.07) is 29.3. The van der Waals surface area contributed by atoms with Gasteiger partial charge in [0.15, 0.2) is 12.4 Å². The van der Waals surface area contributed by atoms with Gasteiger partial charge in [0, 0.05) is 29.0 Å². The molecular formula is C35H30N4O7S. The van der Waals surface area contributed by atoms with Gasteiger partial charge in [-0.05, 0) is 78.9 Å². The van der Waals surface area contributed by atoms with Crippen LogP contribution >= 0.6 is 11.8 Å². The summed E-state index contributed by atoms with van der Waals surface area (Å²) in [6.45, 7) is -0.433. The van der Waals surface area contributed by atoms with Gasteiger partial charge in [0.25, 0.3) is 0 Å². The van der Waals surface area contributed by atoms with Crippen LogP contribution in [0.5, 0.6) is 5.75 Å². The molecule has 4 aromatic carbocycles. The summed E-state index contributed by atoms with van der Waals surface area (Å²) in [4.78, 5) is 64.8. The molecule has 11 nitrogen and oxygen atoms in total. The number of rotatable bonds is 13. The fraction of sp³-hybridized carbons (Fsp3) is 0.171. The number of esters is 1. The number of thioether (sulfide) groups is 1. The van der Waals surface area contributed by atoms with Crippen molar-refractivity contribution >= 4 is 64.0 Å². The first kappa shape index (κ1) is 32.8. The number of ether oxygens (including phenoxy) is 2. The molecule has 1 N–H and O–H groups in total. The minimum absolute atomic E-state index is 0.0264. The van der Waals surface area contributed by atoms with Crippen molar-refractivity contribution in [2.24, 2.45) is 10.2 Å². The Morgan fingerprint density at radius 3 is 2.26 bits per heavy atom. The third-order valence-corrected chi connectivity index (χ3v) is 8.16. The third-order valence-electron chi connectivity index (χ3n) is 6.98. The molecule has 238 valence electrons. The van der Waals surface area contributed by atoms with Gasteiger partial charge in [-0.15, -0.1) is 11.8 Å². The monoisotopic (exact) mass is 650 g/mol. The second-order valence-corrected chi connectivity index (χ2v) is 11.6. The fourth-order valence-electron chi connectivity index (χ4n) is 4.57. The van der Waals surface area contributed by atoms with E-state index in [-0.39, 0.29) is 36.9 Å². The first-order valence-corrected chi connectivity index (χ1v) is 15.5. The number of amides is 3. The summed E-state index contributed by atoms with van der Waals surface area (Å²) in [5.74, 6) is -1.51. The highest BCUT2D eigenvalue weighted by atomic mass is 32.2. The Kier molecular flexibility index (Phi) is 10.9. The van der Waals surface area contributed by atoms with E-state index < -0.39 is 23.7 Å². The van der Waals surface area contributed by atoms with Crippen LogP contribution in [0.4, 0.5) is 22.7 Å². The Balaban J connectivity index is 1.09. The molecule has 1 heterocycles. The smallest absolute Gasteiger partial charge is 0.306 e. The first-order chi connectivity index (χ1) is 22.8. The van der Waals surface area contributed by atoms with E-state index in [1.54, 1.807) is 72.8 Å². The zero-order valence-electron chi connectivity index (χ0n) is 25.3. The van der Waals surface area contributed by atoms with Gasteiger partial charge < -0.3 is 14.8 Å². The first-order valence-electron chi connectivity index (χ1n) is 14.6. The van der Waals surface area contributed by atoms with E-state index in [4.69, 9.17) is 9.47 Å². The molecule has 4 aromatic rings. The number of carbonyl (C=O) groups excluding carboxylic acids is 5. The quantitative estimate of drug-likeness (QED) is 0.0731. The number of anilines is 2. The van der Waals surface area contributed by atoms with Crippen LogP contribution in [0.1, 0.15) is 29.6 Å². The highest BCUT2D eigenvalue weighted by Gasteiger charge is 2.40. The Labute approximate surface area is 275 Å². The molecule has 0 bridgehead atoms. The van der Waals surface area contributed by atoms with Gasteiger partial charge in [0.1, 0.15) is 5.75 Å². The number of methoxy groups -OCH3 is 1. The van der Waals surface area contributed by atoms with E-state index in [1.165, 1.54) is 23.8 Å². The lowest BCUT2D eigenvalue weighted by Gasteiger charge is -2.15. The van der Waals surface area contributed by atoms with Gasteiger partial charge in [0.2, 0.25) is 17.7 Å². The maximum atomic E-state index is 13.2. The molecule has 1 aliphatic rings. The molecule has 0 unspecified atom stereocenters. The summed E-state index contributed by atoms with van der Waals surface area (Å²) in [5, 5.41) is 10.5. The number of hydrogen-bond donors (Lipinski definition) is 1. The lowest BCUT2D eigenvalue weighted by molar-refractivity contribution is -0.143. The molecule has 5 rings (SSSR count). The molecule has 1 saturated heterocycles. The summed E-state index contributed by atoms with van der Waals surface area (Å²) in [6.07, 6.45) is -0.329. The molecule has 0 radical (unpaired) electrons. The normalized spacial score (nSPS) is 14.3. The van der Waals surface area contributed by atoms with Crippen LogP contribution in [0.25, 0.3) is 0 Å². The second kappa shape index (κ2) is 15.6. The summed E-state index contributed by atoms with van der Waals surface area (Å²) < 4.78 is 10.1. The molecule has 47 heavy (non-hydrogen) atoms. The molecule has 0 aliphatic carbocycles. The van der Waals surface area contributed by atoms with Crippen molar-refractivity contribution in [2.75, 3.05) is 23.9 Å². The maximum absolute atomic E-state index is 13.2. The minimum atomic E-state index is -0.675. The van der Waals surface area contributed by atoms with Gasteiger partial charge in [0.05, 0.1) is 35.8 Å². The molecule has 12 heteroatoms. The lowest BCUT2D eigenvalue weighted by Crippen LogP contribution is -2.31. The van der Waals surface area contributed by atoms with Crippen LogP contribution < -0.4 is 15.0 Å². The predicted octanol–water partition coefficient (Wildman–Crippen LogP) is 6.68. The number of hydrogen-bond acceptors (Lipinski definition) is 10. The van der Waals surface area contributed by atoms with Crippen LogP contribution in [-0.4, -0.2) is 48.4 Å². The van der Waals surface area contributed by atoms with E-state index >= 15 is 0 Å². The fourth-order valence-corrected chi connectivity index (χ4v) is 5.69. The average molecular weight is 651 g/mol. The Morgan fingerprint density at radius 1 is 0.851 bits per heavy atom. The van der Waals surface area contributed by atoms with Gasteiger partial charge in [-0.25, -0.2) is 4.90 Å². The highest BCUT2D eigenvalue weighted by Crippen LogP contribution is 2.35. The third kappa shape index (κ3) is 8.98. The van der Waals surface area contributed by atoms with Crippen LogP contribution in [-0.2, 0) is 23.9 Å². The number of benzene rings is 4. The van der Waals surface area contributed by atoms with Crippen molar-refractivity contribution in [3.05, 3.63) is 109 Å². The number of azo groups is 1. The van der Waals surface area contributed by atoms with E-state index in [9.17, 15) is 24.0 Å². The number of Topliss-reactive ketones (excluding diaryl/α,β-unsaturated/α-hetero) is 1. The van der Waals surface area contributed by atoms with E-state index in [0.29, 0.717) is 39.0 Å². The standard InChI is InChI=1S/C35H30N4O7S/c1-45-28-16-10-23(11-17-28)30(40)22-46-34(43)19-18-32(41)36-26-8-5-9-29(20-26)47-31-21-33(42)39(35(31)44)27-14-12-25(13-15-27)38-37-24-6-3-2-4-7-24/h2-17,20,31H,18-19,21-22H2,1H3,(H,36,41)/t31-/m0/s1. The Bertz CT molecular complexity index is 1800. The molecule has 1 aliphatic heterocycles. The SMILES string of the molecule is COc1ccc(C(=O)COC(=O)CCC(=O)Nc2cccc(S[C@H]3CC(=O)N(c4ccc(N=Nc5ccccc5)cc4)C3=O)c2)cc1. The molecular weight excluding hydrogens is 620 g/mol. The Morgan fingerprint density at radius 2 is 1.55 bits per heavy atom. The number of nitrogens with one attached hydrogen (secondary N) is 1. The summed E-state index contributed by atoms with van der Waals surface area (Å²) in [5.41, 5.74) is 2.59. The van der Waals surface area contributed by atoms with Crippen molar-refractivity contribution in [3.8, 4) is 5.75 Å². The summed E-state index contributed by atoms with van der Waals surface area (Å²) in [7, 11) is 1.52.